The van der Waals surface area contributed by atoms with Gasteiger partial charge in [0.2, 0.25) is 0 Å². The fourth-order valence-electron chi connectivity index (χ4n) is 2.08. The van der Waals surface area contributed by atoms with E-state index in [9.17, 15) is 0 Å². The minimum Gasteiger partial charge on any atom is -0.299 e. The molecule has 2 heteroatoms. The Morgan fingerprint density at radius 3 is 2.43 bits per heavy atom. The highest BCUT2D eigenvalue weighted by Crippen LogP contribution is 2.25. The molecule has 0 N–H and O–H groups in total. The summed E-state index contributed by atoms with van der Waals surface area (Å²) in [5.74, 6) is 0.796. The van der Waals surface area contributed by atoms with Crippen LogP contribution in [0.3, 0.4) is 0 Å². The van der Waals surface area contributed by atoms with Gasteiger partial charge in [-0.1, -0.05) is 32.6 Å². The first-order chi connectivity index (χ1) is 6.88. The molecule has 1 aliphatic rings. The van der Waals surface area contributed by atoms with Gasteiger partial charge in [0.1, 0.15) is 0 Å². The van der Waals surface area contributed by atoms with Gasteiger partial charge >= 0.3 is 0 Å². The first kappa shape index (κ1) is 12.3. The third-order valence-electron chi connectivity index (χ3n) is 3.26. The zero-order chi connectivity index (χ0) is 10.2. The van der Waals surface area contributed by atoms with E-state index in [1.807, 2.05) is 0 Å². The highest BCUT2D eigenvalue weighted by Gasteiger charge is 2.23. The molecule has 1 nitrogen and oxygen atoms in total. The molecule has 0 radical (unpaired) electrons. The highest BCUT2D eigenvalue weighted by molar-refractivity contribution is 6.18. The molecule has 14 heavy (non-hydrogen) atoms. The SMILES string of the molecule is CCCCCCN(CCCl)C1CCC1. The van der Waals surface area contributed by atoms with Crippen LogP contribution in [0.15, 0.2) is 0 Å². The Morgan fingerprint density at radius 2 is 1.93 bits per heavy atom. The molecule has 0 bridgehead atoms. The summed E-state index contributed by atoms with van der Waals surface area (Å²) in [5.41, 5.74) is 0. The number of hydrogen-bond acceptors (Lipinski definition) is 1. The molecule has 1 rings (SSSR count). The quantitative estimate of drug-likeness (QED) is 0.443. The van der Waals surface area contributed by atoms with Crippen LogP contribution in [-0.4, -0.2) is 29.9 Å². The molecule has 0 aromatic carbocycles. The van der Waals surface area contributed by atoms with Crippen LogP contribution in [0.2, 0.25) is 0 Å². The number of halogens is 1. The topological polar surface area (TPSA) is 3.24 Å². The van der Waals surface area contributed by atoms with E-state index in [0.717, 1.165) is 18.5 Å². The third kappa shape index (κ3) is 4.18. The summed E-state index contributed by atoms with van der Waals surface area (Å²) in [6, 6.07) is 0.871. The van der Waals surface area contributed by atoms with E-state index in [-0.39, 0.29) is 0 Å². The van der Waals surface area contributed by atoms with Crippen LogP contribution in [0.4, 0.5) is 0 Å². The zero-order valence-electron chi connectivity index (χ0n) is 9.47. The van der Waals surface area contributed by atoms with Gasteiger partial charge in [0.25, 0.3) is 0 Å². The Labute approximate surface area is 93.8 Å². The van der Waals surface area contributed by atoms with Gasteiger partial charge in [0.15, 0.2) is 0 Å². The van der Waals surface area contributed by atoms with E-state index in [0.29, 0.717) is 0 Å². The fraction of sp³-hybridized carbons (Fsp3) is 1.00. The summed E-state index contributed by atoms with van der Waals surface area (Å²) in [7, 11) is 0. The second kappa shape index (κ2) is 7.53. The summed E-state index contributed by atoms with van der Waals surface area (Å²) in [6.07, 6.45) is 9.72. The van der Waals surface area contributed by atoms with Crippen molar-refractivity contribution < 1.29 is 0 Å². The zero-order valence-corrected chi connectivity index (χ0v) is 10.2. The number of hydrogen-bond donors (Lipinski definition) is 0. The van der Waals surface area contributed by atoms with Crippen molar-refractivity contribution in [3.05, 3.63) is 0 Å². The third-order valence-corrected chi connectivity index (χ3v) is 3.43. The minimum absolute atomic E-state index is 0.796. The molecular formula is C12H24ClN. The van der Waals surface area contributed by atoms with Crippen molar-refractivity contribution in [2.45, 2.75) is 57.9 Å². The lowest BCUT2D eigenvalue weighted by atomic mass is 9.91. The van der Waals surface area contributed by atoms with Gasteiger partial charge in [0, 0.05) is 18.5 Å². The lowest BCUT2D eigenvalue weighted by molar-refractivity contribution is 0.132. The molecule has 84 valence electrons. The summed E-state index contributed by atoms with van der Waals surface area (Å²) < 4.78 is 0. The standard InChI is InChI=1S/C12H24ClN/c1-2-3-4-5-10-14(11-9-13)12-7-6-8-12/h12H,2-11H2,1H3. The van der Waals surface area contributed by atoms with E-state index in [1.165, 1.54) is 51.5 Å². The predicted molar refractivity (Wildman–Crippen MR) is 64.1 cm³/mol. The van der Waals surface area contributed by atoms with Gasteiger partial charge < -0.3 is 0 Å². The van der Waals surface area contributed by atoms with Crippen LogP contribution in [0.5, 0.6) is 0 Å². The minimum atomic E-state index is 0.796. The van der Waals surface area contributed by atoms with Crippen LogP contribution >= 0.6 is 11.6 Å². The highest BCUT2D eigenvalue weighted by atomic mass is 35.5. The molecule has 0 saturated heterocycles. The Hall–Kier alpha value is 0.250. The van der Waals surface area contributed by atoms with E-state index < -0.39 is 0 Å². The summed E-state index contributed by atoms with van der Waals surface area (Å²) in [4.78, 5) is 2.60. The van der Waals surface area contributed by atoms with Gasteiger partial charge in [-0.3, -0.25) is 4.90 Å². The Balaban J connectivity index is 2.08. The van der Waals surface area contributed by atoms with Gasteiger partial charge in [-0.05, 0) is 25.8 Å². The summed E-state index contributed by atoms with van der Waals surface area (Å²) >= 11 is 5.82. The van der Waals surface area contributed by atoms with Crippen LogP contribution in [-0.2, 0) is 0 Å². The molecular weight excluding hydrogens is 194 g/mol. The van der Waals surface area contributed by atoms with Gasteiger partial charge in [-0.25, -0.2) is 0 Å². The Morgan fingerprint density at radius 1 is 1.14 bits per heavy atom. The van der Waals surface area contributed by atoms with Gasteiger partial charge in [-0.15, -0.1) is 11.6 Å². The second-order valence-electron chi connectivity index (χ2n) is 4.37. The van der Waals surface area contributed by atoms with Crippen LogP contribution in [0, 0.1) is 0 Å². The van der Waals surface area contributed by atoms with Gasteiger partial charge in [-0.2, -0.15) is 0 Å². The smallest absolute Gasteiger partial charge is 0.0351 e. The molecule has 0 spiro atoms. The van der Waals surface area contributed by atoms with Crippen LogP contribution in [0.25, 0.3) is 0 Å². The monoisotopic (exact) mass is 217 g/mol. The molecule has 0 amide bonds. The van der Waals surface area contributed by atoms with Crippen molar-refractivity contribution >= 4 is 11.6 Å². The first-order valence-corrected chi connectivity index (χ1v) is 6.72. The molecule has 0 aromatic rings. The largest absolute Gasteiger partial charge is 0.299 e. The molecule has 0 aromatic heterocycles. The van der Waals surface area contributed by atoms with Gasteiger partial charge in [0.05, 0.1) is 0 Å². The van der Waals surface area contributed by atoms with Crippen molar-refractivity contribution in [2.75, 3.05) is 19.0 Å². The average Bonchev–Trinajstić information content (AvgIpc) is 2.10. The molecule has 1 saturated carbocycles. The van der Waals surface area contributed by atoms with E-state index >= 15 is 0 Å². The number of alkyl halides is 1. The maximum atomic E-state index is 5.82. The molecule has 0 atom stereocenters. The van der Waals surface area contributed by atoms with Crippen LogP contribution < -0.4 is 0 Å². The molecule has 0 unspecified atom stereocenters. The van der Waals surface area contributed by atoms with Crippen molar-refractivity contribution in [2.24, 2.45) is 0 Å². The van der Waals surface area contributed by atoms with E-state index in [1.54, 1.807) is 0 Å². The predicted octanol–water partition coefficient (Wildman–Crippen LogP) is 3.66. The van der Waals surface area contributed by atoms with Crippen molar-refractivity contribution in [3.63, 3.8) is 0 Å². The normalized spacial score (nSPS) is 17.4. The van der Waals surface area contributed by atoms with Crippen molar-refractivity contribution in [1.29, 1.82) is 0 Å². The summed E-state index contributed by atoms with van der Waals surface area (Å²) in [6.45, 7) is 4.64. The summed E-state index contributed by atoms with van der Waals surface area (Å²) in [5, 5.41) is 0. The maximum Gasteiger partial charge on any atom is 0.0351 e. The van der Waals surface area contributed by atoms with Crippen molar-refractivity contribution in [3.8, 4) is 0 Å². The number of rotatable bonds is 8. The number of nitrogens with zero attached hydrogens (tertiary/aromatic N) is 1. The van der Waals surface area contributed by atoms with E-state index in [4.69, 9.17) is 11.6 Å². The molecule has 1 fully saturated rings. The van der Waals surface area contributed by atoms with Crippen LogP contribution in [0.1, 0.15) is 51.9 Å². The maximum absolute atomic E-state index is 5.82. The first-order valence-electron chi connectivity index (χ1n) is 6.18. The lowest BCUT2D eigenvalue weighted by Gasteiger charge is -2.37. The fourth-order valence-corrected chi connectivity index (χ4v) is 2.30. The molecule has 1 aliphatic carbocycles. The van der Waals surface area contributed by atoms with E-state index in [2.05, 4.69) is 11.8 Å². The lowest BCUT2D eigenvalue weighted by Crippen LogP contribution is -2.41. The average molecular weight is 218 g/mol. The van der Waals surface area contributed by atoms with Crippen molar-refractivity contribution in [1.82, 2.24) is 4.90 Å². The number of unbranched alkanes of at least 4 members (excludes halogenated alkanes) is 3. The second-order valence-corrected chi connectivity index (χ2v) is 4.75. The Bertz CT molecular complexity index is 134. The molecule has 0 aliphatic heterocycles. The Kier molecular flexibility index (Phi) is 6.63. The molecule has 0 heterocycles.